The SMILES string of the molecule is O=C(O)C1=C[C@H](O)[C@@H](O)[C@H](O[C@H]2[C@H](O)[C@@H](NS(=O)(=O)O)[C@@H](OC3C(C(=O)O)OC(O[C@H]4[C@H](O)[C@@H](NS(=O)(=O)O)[C@@H](OC5C(C(=O)O)OC(O[C@H]6[C@H](O)[C@@H](NS(=O)(=O)O)[C@@H](OC7C(C(=O)O)OC(O[C@H]8[C@H](O)[C@@H](NS(=O)(=O)O)[C@@H](O)O[C@@H]8CO)C(O)C7O)O[C@@H]6CO)C(O)C5O)O[C@@H]4CO)C(O)C3O)O[C@@H]2CO)O1. The molecule has 108 heavy (non-hydrogen) atoms. The maximum absolute atomic E-state index is 13.0. The van der Waals surface area contributed by atoms with Crippen LogP contribution in [0.25, 0.3) is 0 Å². The Morgan fingerprint density at radius 1 is 0.324 bits per heavy atom. The van der Waals surface area contributed by atoms with Crippen LogP contribution in [0.5, 0.6) is 0 Å². The fraction of sp³-hybridized carbons (Fsp3) is 0.875. The molecule has 0 amide bonds. The van der Waals surface area contributed by atoms with Gasteiger partial charge in [-0.2, -0.15) is 52.6 Å². The average Bonchev–Trinajstić information content (AvgIpc) is 0.761. The summed E-state index contributed by atoms with van der Waals surface area (Å²) in [7, 11) is -22.3. The van der Waals surface area contributed by atoms with Crippen molar-refractivity contribution >= 4 is 65.1 Å². The molecule has 0 aromatic rings. The van der Waals surface area contributed by atoms with Crippen LogP contribution in [0.3, 0.4) is 0 Å². The second-order valence-corrected chi connectivity index (χ2v) is 29.3. The summed E-state index contributed by atoms with van der Waals surface area (Å²) in [6, 6.07) is -10.1. The van der Waals surface area contributed by atoms with Crippen molar-refractivity contribution in [2.24, 2.45) is 0 Å². The molecule has 15 unspecified atom stereocenters. The molecule has 0 bridgehead atoms. The monoisotopic (exact) mass is 1670 g/mol. The molecule has 0 radical (unpaired) electrons. The lowest BCUT2D eigenvalue weighted by Crippen LogP contribution is -2.71. The molecule has 624 valence electrons. The van der Waals surface area contributed by atoms with Gasteiger partial charge < -0.3 is 178 Å². The second-order valence-electron chi connectivity index (χ2n) is 24.6. The van der Waals surface area contributed by atoms with Crippen LogP contribution in [0.2, 0.25) is 0 Å². The van der Waals surface area contributed by atoms with Gasteiger partial charge in [0.15, 0.2) is 62.3 Å². The van der Waals surface area contributed by atoms with E-state index in [2.05, 4.69) is 0 Å². The number of carboxylic acids is 4. The minimum absolute atomic E-state index is 0.520. The molecule has 8 rings (SSSR count). The zero-order valence-corrected chi connectivity index (χ0v) is 56.9. The summed E-state index contributed by atoms with van der Waals surface area (Å²) in [5.74, 6) is -9.50. The van der Waals surface area contributed by atoms with Crippen LogP contribution in [0.4, 0.5) is 0 Å². The molecule has 8 aliphatic heterocycles. The number of aliphatic carboxylic acids is 4. The quantitative estimate of drug-likeness (QED) is 0.0297. The first-order valence-corrected chi connectivity index (χ1v) is 36.5. The van der Waals surface area contributed by atoms with E-state index in [1.54, 1.807) is 0 Å². The average molecular weight is 1670 g/mol. The van der Waals surface area contributed by atoms with E-state index in [1.807, 2.05) is 0 Å². The Hall–Kier alpha value is -4.34. The Labute approximate surface area is 602 Å². The van der Waals surface area contributed by atoms with Crippen LogP contribution in [-0.4, -0.2) is 443 Å². The molecule has 0 aromatic carbocycles. The van der Waals surface area contributed by atoms with E-state index in [1.165, 1.54) is 18.9 Å². The highest BCUT2D eigenvalue weighted by atomic mass is 32.2. The number of nitrogens with one attached hydrogen (secondary N) is 4. The largest absolute Gasteiger partial charge is 0.479 e. The van der Waals surface area contributed by atoms with Crippen molar-refractivity contribution in [3.63, 3.8) is 0 Å². The van der Waals surface area contributed by atoms with Crippen molar-refractivity contribution in [1.82, 2.24) is 18.9 Å². The molecular weight excluding hydrogens is 1590 g/mol. The first kappa shape index (κ1) is 89.2. The van der Waals surface area contributed by atoms with Gasteiger partial charge in [0.25, 0.3) is 0 Å². The van der Waals surface area contributed by atoms with Gasteiger partial charge in [-0.3, -0.25) is 18.2 Å². The molecule has 0 saturated carbocycles. The van der Waals surface area contributed by atoms with Crippen molar-refractivity contribution < 1.29 is 249 Å². The third-order valence-electron chi connectivity index (χ3n) is 17.4. The molecule has 56 nitrogen and oxygen atoms in total. The van der Waals surface area contributed by atoms with E-state index in [-0.39, 0.29) is 0 Å². The standard InChI is InChI=1S/C48H76N4O52S4/c53-2-8-27(17(59)12(41(77)90-8)49-105(78,79)80)96-46-24(66)21(63)31(34(102-46)38(71)72)100-43-14(51-107(84,85)86)19(61)29(10(4-55)93-43)98-48-26(68)23(65)33(36(104-48)40(75)76)101-44-15(52-108(87,88)89)20(62)30(11(5-56)94-44)97-47-25(67)22(64)32(35(103-47)39(73)74)99-42-13(50-106(81,82)83)18(60)28(9(3-54)92-42)95-45-16(58)6(57)1-7(91-45)37(69)70/h1,6,8-36,41-68,77H,2-5H2,(H,69,70)(H,71,72)(H,73,74)(H,75,76)(H,78,79,80)(H,81,82,83)(H,84,85,86)(H,87,88,89)/t6-,8+,9+,10+,11+,12+,13+,14+,15+,16+,17+,18+,19+,20+,21?,22?,23?,24?,25?,26?,27+,28+,29+,30+,31?,32?,33?,34?,35?,36?,41-,42+,43+,44+,45-,46?,47?,48?/m0/s1. The molecule has 29 N–H and O–H groups in total. The molecular formula is C48H76N4O52S4. The van der Waals surface area contributed by atoms with Gasteiger partial charge in [-0.25, -0.2) is 19.2 Å². The predicted octanol–water partition coefficient (Wildman–Crippen LogP) is -19.3. The number of aliphatic hydroxyl groups is 17. The van der Waals surface area contributed by atoms with Gasteiger partial charge in [-0.15, -0.1) is 0 Å². The maximum atomic E-state index is 13.0. The van der Waals surface area contributed by atoms with E-state index in [0.717, 1.165) is 0 Å². The van der Waals surface area contributed by atoms with Crippen LogP contribution in [0.15, 0.2) is 11.8 Å². The Balaban J connectivity index is 0.971. The normalized spacial score (nSPS) is 45.2. The van der Waals surface area contributed by atoms with Gasteiger partial charge in [0, 0.05) is 0 Å². The minimum atomic E-state index is -5.75. The number of hydrogen-bond acceptors (Lipinski definition) is 44. The van der Waals surface area contributed by atoms with E-state index in [9.17, 15) is 178 Å². The lowest BCUT2D eigenvalue weighted by molar-refractivity contribution is -0.381. The Morgan fingerprint density at radius 2 is 0.574 bits per heavy atom. The number of aliphatic hydroxyl groups excluding tert-OH is 17. The van der Waals surface area contributed by atoms with Crippen molar-refractivity contribution in [3.05, 3.63) is 11.8 Å². The van der Waals surface area contributed by atoms with Crippen LogP contribution in [0, 0.1) is 0 Å². The highest BCUT2D eigenvalue weighted by molar-refractivity contribution is 7.84. The van der Waals surface area contributed by atoms with Crippen molar-refractivity contribution in [1.29, 1.82) is 0 Å². The fourth-order valence-corrected chi connectivity index (χ4v) is 14.7. The Kier molecular flexibility index (Phi) is 29.4. The van der Waals surface area contributed by atoms with E-state index in [4.69, 9.17) is 71.1 Å². The molecule has 38 atom stereocenters. The van der Waals surface area contributed by atoms with E-state index in [0.29, 0.717) is 6.08 Å². The van der Waals surface area contributed by atoms with E-state index < -0.39 is 330 Å². The van der Waals surface area contributed by atoms with Crippen molar-refractivity contribution in [2.75, 3.05) is 26.4 Å². The maximum Gasteiger partial charge on any atom is 0.371 e. The van der Waals surface area contributed by atoms with Gasteiger partial charge in [0.1, 0.15) is 165 Å². The van der Waals surface area contributed by atoms with Crippen LogP contribution in [-0.2, 0) is 131 Å². The molecule has 0 aliphatic carbocycles. The number of rotatable bonds is 30. The molecule has 8 aliphatic rings. The first-order chi connectivity index (χ1) is 50.0. The summed E-state index contributed by atoms with van der Waals surface area (Å²) in [5, 5.41) is 227. The smallest absolute Gasteiger partial charge is 0.371 e. The van der Waals surface area contributed by atoms with Crippen LogP contribution >= 0.6 is 0 Å². The lowest BCUT2D eigenvalue weighted by Gasteiger charge is -2.50. The highest BCUT2D eigenvalue weighted by Gasteiger charge is 2.62. The summed E-state index contributed by atoms with van der Waals surface area (Å²) < 4.78 is 223. The minimum Gasteiger partial charge on any atom is -0.479 e. The zero-order valence-electron chi connectivity index (χ0n) is 53.7. The first-order valence-electron chi connectivity index (χ1n) is 30.8. The van der Waals surface area contributed by atoms with Gasteiger partial charge in [-0.1, -0.05) is 0 Å². The molecule has 7 saturated heterocycles. The third-order valence-corrected chi connectivity index (χ3v) is 19.7. The highest BCUT2D eigenvalue weighted by Crippen LogP contribution is 2.39. The molecule has 7 fully saturated rings. The van der Waals surface area contributed by atoms with Gasteiger partial charge >= 0.3 is 65.1 Å². The second kappa shape index (κ2) is 35.6. The molecule has 8 heterocycles. The Morgan fingerprint density at radius 3 is 0.833 bits per heavy atom. The molecule has 0 aromatic heterocycles. The zero-order chi connectivity index (χ0) is 80.8. The molecule has 60 heteroatoms. The van der Waals surface area contributed by atoms with Crippen molar-refractivity contribution in [2.45, 2.75) is 233 Å². The number of carbonyl (C=O) groups is 4. The van der Waals surface area contributed by atoms with Gasteiger partial charge in [0.2, 0.25) is 12.0 Å². The third kappa shape index (κ3) is 20.6. The van der Waals surface area contributed by atoms with E-state index >= 15 is 0 Å². The molecule has 0 spiro atoms. The van der Waals surface area contributed by atoms with Gasteiger partial charge in [-0.05, 0) is 6.08 Å². The summed E-state index contributed by atoms with van der Waals surface area (Å²) in [6.07, 6.45) is -85.2. The summed E-state index contributed by atoms with van der Waals surface area (Å²) >= 11 is 0. The van der Waals surface area contributed by atoms with Crippen molar-refractivity contribution in [3.8, 4) is 0 Å². The predicted molar refractivity (Wildman–Crippen MR) is 315 cm³/mol. The lowest BCUT2D eigenvalue weighted by atomic mass is 9.94. The summed E-state index contributed by atoms with van der Waals surface area (Å²) in [6.45, 7) is -5.48. The van der Waals surface area contributed by atoms with Crippen LogP contribution < -0.4 is 18.9 Å². The Bertz CT molecular complexity index is 3610. The van der Waals surface area contributed by atoms with Gasteiger partial charge in [0.05, 0.1) is 26.4 Å². The topological polar surface area (TPSA) is 897 Å². The number of ether oxygens (including phenoxy) is 15. The summed E-state index contributed by atoms with van der Waals surface area (Å²) in [4.78, 5) is 50.2. The number of hydrogen-bond donors (Lipinski definition) is 29. The fourth-order valence-electron chi connectivity index (χ4n) is 12.4. The van der Waals surface area contributed by atoms with Crippen LogP contribution in [0.1, 0.15) is 0 Å². The summed E-state index contributed by atoms with van der Waals surface area (Å²) in [5.41, 5.74) is 0. The number of carboxylic acid groups (broad SMARTS) is 4.